The molecule has 0 amide bonds. The lowest BCUT2D eigenvalue weighted by Crippen LogP contribution is -2.08. The number of benzene rings is 1. The maximum absolute atomic E-state index is 13.1. The highest BCUT2D eigenvalue weighted by Gasteiger charge is 2.33. The van der Waals surface area contributed by atoms with Gasteiger partial charge in [-0.1, -0.05) is 11.6 Å². The van der Waals surface area contributed by atoms with Crippen molar-refractivity contribution in [1.82, 2.24) is 4.98 Å². The van der Waals surface area contributed by atoms with Crippen molar-refractivity contribution in [2.45, 2.75) is 6.18 Å². The van der Waals surface area contributed by atoms with Gasteiger partial charge in [0, 0.05) is 8.96 Å². The van der Waals surface area contributed by atoms with Crippen LogP contribution in [0, 0.1) is 9.39 Å². The summed E-state index contributed by atoms with van der Waals surface area (Å²) in [5.74, 6) is -0.564. The summed E-state index contributed by atoms with van der Waals surface area (Å²) in [6.45, 7) is 0. The van der Waals surface area contributed by atoms with Crippen LogP contribution in [0.3, 0.4) is 0 Å². The molecule has 0 aliphatic heterocycles. The predicted molar refractivity (Wildman–Crippen MR) is 64.4 cm³/mol. The Balaban J connectivity index is 2.83. The van der Waals surface area contributed by atoms with Gasteiger partial charge in [0.1, 0.15) is 11.5 Å². The zero-order chi connectivity index (χ0) is 12.8. The molecule has 90 valence electrons. The summed E-state index contributed by atoms with van der Waals surface area (Å²) in [6.07, 6.45) is -4.57. The average molecular weight is 375 g/mol. The number of rotatable bonds is 0. The Labute approximate surface area is 112 Å². The third-order valence-corrected chi connectivity index (χ3v) is 3.21. The average Bonchev–Trinajstić information content (AvgIpc) is 2.17. The Hall–Kier alpha value is -0.630. The van der Waals surface area contributed by atoms with E-state index >= 15 is 0 Å². The van der Waals surface area contributed by atoms with E-state index in [9.17, 15) is 17.6 Å². The molecule has 1 aromatic heterocycles. The van der Waals surface area contributed by atoms with Crippen molar-refractivity contribution in [3.63, 3.8) is 0 Å². The molecule has 17 heavy (non-hydrogen) atoms. The van der Waals surface area contributed by atoms with Crippen LogP contribution in [0.2, 0.25) is 5.02 Å². The minimum Gasteiger partial charge on any atom is -0.242 e. The molecule has 7 heteroatoms. The van der Waals surface area contributed by atoms with Gasteiger partial charge in [0.2, 0.25) is 0 Å². The summed E-state index contributed by atoms with van der Waals surface area (Å²) in [4.78, 5) is 3.46. The lowest BCUT2D eigenvalue weighted by Gasteiger charge is -2.09. The highest BCUT2D eigenvalue weighted by Crippen LogP contribution is 2.34. The molecule has 1 heterocycles. The van der Waals surface area contributed by atoms with Crippen molar-refractivity contribution in [1.29, 1.82) is 0 Å². The number of fused-ring (bicyclic) bond motifs is 1. The highest BCUT2D eigenvalue weighted by molar-refractivity contribution is 14.1. The molecule has 0 atom stereocenters. The van der Waals surface area contributed by atoms with E-state index < -0.39 is 17.7 Å². The number of hydrogen-bond donors (Lipinski definition) is 0. The summed E-state index contributed by atoms with van der Waals surface area (Å²) in [5.41, 5.74) is -1.04. The smallest absolute Gasteiger partial charge is 0.242 e. The minimum atomic E-state index is -4.57. The van der Waals surface area contributed by atoms with Crippen LogP contribution >= 0.6 is 34.2 Å². The molecule has 0 aliphatic carbocycles. The van der Waals surface area contributed by atoms with Gasteiger partial charge in [-0.3, -0.25) is 0 Å². The van der Waals surface area contributed by atoms with Crippen LogP contribution in [0.4, 0.5) is 17.6 Å². The van der Waals surface area contributed by atoms with E-state index in [0.29, 0.717) is 6.07 Å². The van der Waals surface area contributed by atoms with Gasteiger partial charge in [0.15, 0.2) is 0 Å². The van der Waals surface area contributed by atoms with E-state index in [1.807, 2.05) is 0 Å². The Morgan fingerprint density at radius 2 is 1.82 bits per heavy atom. The minimum absolute atomic E-state index is 0.0480. The topological polar surface area (TPSA) is 12.9 Å². The van der Waals surface area contributed by atoms with Gasteiger partial charge in [0.25, 0.3) is 0 Å². The van der Waals surface area contributed by atoms with Crippen LogP contribution < -0.4 is 0 Å². The van der Waals surface area contributed by atoms with E-state index in [0.717, 1.165) is 12.1 Å². The molecular weight excluding hydrogens is 372 g/mol. The van der Waals surface area contributed by atoms with E-state index in [1.165, 1.54) is 0 Å². The second kappa shape index (κ2) is 4.24. The first-order chi connectivity index (χ1) is 7.79. The first-order valence-electron chi connectivity index (χ1n) is 4.31. The fraction of sp³-hybridized carbons (Fsp3) is 0.100. The van der Waals surface area contributed by atoms with E-state index in [-0.39, 0.29) is 19.5 Å². The van der Waals surface area contributed by atoms with Crippen molar-refractivity contribution in [3.8, 4) is 0 Å². The highest BCUT2D eigenvalue weighted by atomic mass is 127. The van der Waals surface area contributed by atoms with Crippen molar-refractivity contribution in [2.75, 3.05) is 0 Å². The fourth-order valence-corrected chi connectivity index (χ4v) is 2.31. The Morgan fingerprint density at radius 1 is 1.18 bits per heavy atom. The largest absolute Gasteiger partial charge is 0.433 e. The second-order valence-corrected chi connectivity index (χ2v) is 4.84. The molecule has 1 aromatic carbocycles. The monoisotopic (exact) mass is 375 g/mol. The molecule has 2 aromatic rings. The maximum atomic E-state index is 13.1. The number of halogens is 6. The maximum Gasteiger partial charge on any atom is 0.433 e. The second-order valence-electron chi connectivity index (χ2n) is 3.27. The quantitative estimate of drug-likeness (QED) is 0.482. The number of pyridine rings is 1. The summed E-state index contributed by atoms with van der Waals surface area (Å²) >= 11 is 7.42. The van der Waals surface area contributed by atoms with Gasteiger partial charge in [-0.15, -0.1) is 0 Å². The first kappa shape index (κ1) is 12.8. The van der Waals surface area contributed by atoms with Crippen LogP contribution in [0.15, 0.2) is 18.2 Å². The van der Waals surface area contributed by atoms with Crippen molar-refractivity contribution < 1.29 is 17.6 Å². The van der Waals surface area contributed by atoms with Crippen molar-refractivity contribution >= 4 is 45.1 Å². The first-order valence-corrected chi connectivity index (χ1v) is 5.77. The molecule has 0 radical (unpaired) electrons. The van der Waals surface area contributed by atoms with Crippen LogP contribution in [0.1, 0.15) is 5.69 Å². The third kappa shape index (κ3) is 2.47. The van der Waals surface area contributed by atoms with E-state index in [1.54, 1.807) is 22.6 Å². The lowest BCUT2D eigenvalue weighted by atomic mass is 10.2. The number of aromatic nitrogens is 1. The van der Waals surface area contributed by atoms with Gasteiger partial charge in [-0.25, -0.2) is 9.37 Å². The predicted octanol–water partition coefficient (Wildman–Crippen LogP) is 4.65. The van der Waals surface area contributed by atoms with Crippen LogP contribution in [0.25, 0.3) is 10.9 Å². The Bertz CT molecular complexity index is 597. The van der Waals surface area contributed by atoms with Gasteiger partial charge in [-0.05, 0) is 40.8 Å². The fourth-order valence-electron chi connectivity index (χ4n) is 1.36. The van der Waals surface area contributed by atoms with Gasteiger partial charge >= 0.3 is 6.18 Å². The zero-order valence-corrected chi connectivity index (χ0v) is 10.9. The molecule has 0 bridgehead atoms. The standard InChI is InChI=1S/C10H3ClF4IN/c11-6-3-8(10(13,14)15)17-9-5(6)1-4(12)2-7(9)16/h1-3H. The molecule has 0 aliphatic rings. The zero-order valence-electron chi connectivity index (χ0n) is 7.95. The van der Waals surface area contributed by atoms with E-state index in [2.05, 4.69) is 4.98 Å². The van der Waals surface area contributed by atoms with Crippen LogP contribution in [-0.4, -0.2) is 4.98 Å². The molecule has 0 unspecified atom stereocenters. The normalized spacial score (nSPS) is 12.1. The summed E-state index contributed by atoms with van der Waals surface area (Å²) in [7, 11) is 0. The third-order valence-electron chi connectivity index (χ3n) is 2.07. The van der Waals surface area contributed by atoms with Crippen LogP contribution in [-0.2, 0) is 6.18 Å². The lowest BCUT2D eigenvalue weighted by molar-refractivity contribution is -0.140. The van der Waals surface area contributed by atoms with E-state index in [4.69, 9.17) is 11.6 Å². The SMILES string of the molecule is Fc1cc(I)c2nc(C(F)(F)F)cc(Cl)c2c1. The number of nitrogens with zero attached hydrogens (tertiary/aromatic N) is 1. The molecular formula is C10H3ClF4IN. The van der Waals surface area contributed by atoms with Gasteiger partial charge in [0.05, 0.1) is 10.5 Å². The Kier molecular flexibility index (Phi) is 3.19. The van der Waals surface area contributed by atoms with Gasteiger partial charge in [-0.2, -0.15) is 13.2 Å². The number of alkyl halides is 3. The van der Waals surface area contributed by atoms with Gasteiger partial charge < -0.3 is 0 Å². The molecule has 1 nitrogen and oxygen atoms in total. The molecule has 0 saturated carbocycles. The summed E-state index contributed by atoms with van der Waals surface area (Å²) < 4.78 is 50.9. The molecule has 0 N–H and O–H groups in total. The molecule has 2 rings (SSSR count). The van der Waals surface area contributed by atoms with Crippen molar-refractivity contribution in [3.05, 3.63) is 38.3 Å². The van der Waals surface area contributed by atoms with Crippen LogP contribution in [0.5, 0.6) is 0 Å². The Morgan fingerprint density at radius 3 is 2.41 bits per heavy atom. The molecule has 0 fully saturated rings. The molecule has 0 saturated heterocycles. The molecule has 0 spiro atoms. The van der Waals surface area contributed by atoms with Crippen molar-refractivity contribution in [2.24, 2.45) is 0 Å². The summed E-state index contributed by atoms with van der Waals surface area (Å²) in [6, 6.07) is 2.86. The number of hydrogen-bond acceptors (Lipinski definition) is 1. The summed E-state index contributed by atoms with van der Waals surface area (Å²) in [5, 5.41) is 0.00353.